The molecular formula is C19H15Br2N3O2S. The second kappa shape index (κ2) is 9.43. The van der Waals surface area contributed by atoms with Gasteiger partial charge in [0.2, 0.25) is 5.16 Å². The SMILES string of the molecule is CCOC(=O)CSc1nnc(-c2ccc(Br)cc2)c(-c2ccc(Br)cc2)n1. The molecule has 0 aliphatic rings. The van der Waals surface area contributed by atoms with Gasteiger partial charge in [0.1, 0.15) is 11.4 Å². The first-order valence-corrected chi connectivity index (χ1v) is 10.7. The summed E-state index contributed by atoms with van der Waals surface area (Å²) in [5, 5.41) is 9.01. The summed E-state index contributed by atoms with van der Waals surface area (Å²) in [7, 11) is 0. The van der Waals surface area contributed by atoms with Gasteiger partial charge in [-0.25, -0.2) is 4.98 Å². The Morgan fingerprint density at radius 3 is 2.04 bits per heavy atom. The van der Waals surface area contributed by atoms with Crippen LogP contribution in [0.25, 0.3) is 22.5 Å². The minimum absolute atomic E-state index is 0.146. The van der Waals surface area contributed by atoms with E-state index in [9.17, 15) is 4.79 Å². The maximum Gasteiger partial charge on any atom is 0.316 e. The summed E-state index contributed by atoms with van der Waals surface area (Å²) >= 11 is 8.10. The lowest BCUT2D eigenvalue weighted by Crippen LogP contribution is -2.08. The predicted octanol–water partition coefficient (Wildman–Crippen LogP) is 5.39. The summed E-state index contributed by atoms with van der Waals surface area (Å²) in [6.07, 6.45) is 0. The summed E-state index contributed by atoms with van der Waals surface area (Å²) in [4.78, 5) is 16.3. The van der Waals surface area contributed by atoms with Crippen molar-refractivity contribution in [2.24, 2.45) is 0 Å². The van der Waals surface area contributed by atoms with E-state index in [4.69, 9.17) is 4.74 Å². The Balaban J connectivity index is 1.98. The molecule has 3 aromatic rings. The van der Waals surface area contributed by atoms with E-state index < -0.39 is 0 Å². The number of aromatic nitrogens is 3. The second-order valence-electron chi connectivity index (χ2n) is 5.40. The van der Waals surface area contributed by atoms with Crippen LogP contribution in [0, 0.1) is 0 Å². The largest absolute Gasteiger partial charge is 0.465 e. The van der Waals surface area contributed by atoms with Gasteiger partial charge in [-0.2, -0.15) is 0 Å². The Labute approximate surface area is 178 Å². The van der Waals surface area contributed by atoms with Gasteiger partial charge < -0.3 is 4.74 Å². The Bertz CT molecular complexity index is 935. The minimum atomic E-state index is -0.298. The lowest BCUT2D eigenvalue weighted by molar-refractivity contribution is -0.139. The molecule has 138 valence electrons. The molecule has 2 aromatic carbocycles. The van der Waals surface area contributed by atoms with Gasteiger partial charge in [-0.15, -0.1) is 10.2 Å². The van der Waals surface area contributed by atoms with Crippen LogP contribution in [-0.4, -0.2) is 33.5 Å². The number of carbonyl (C=O) groups excluding carboxylic acids is 1. The van der Waals surface area contributed by atoms with Crippen LogP contribution in [0.2, 0.25) is 0 Å². The van der Waals surface area contributed by atoms with E-state index in [-0.39, 0.29) is 11.7 Å². The van der Waals surface area contributed by atoms with Crippen LogP contribution in [0.4, 0.5) is 0 Å². The minimum Gasteiger partial charge on any atom is -0.465 e. The van der Waals surface area contributed by atoms with Crippen molar-refractivity contribution in [2.45, 2.75) is 12.1 Å². The van der Waals surface area contributed by atoms with Crippen molar-refractivity contribution in [1.82, 2.24) is 15.2 Å². The number of hydrogen-bond acceptors (Lipinski definition) is 6. The van der Waals surface area contributed by atoms with Gasteiger partial charge in [0, 0.05) is 20.1 Å². The van der Waals surface area contributed by atoms with E-state index in [1.54, 1.807) is 6.92 Å². The summed E-state index contributed by atoms with van der Waals surface area (Å²) in [5.74, 6) is -0.152. The van der Waals surface area contributed by atoms with Crippen LogP contribution < -0.4 is 0 Å². The fraction of sp³-hybridized carbons (Fsp3) is 0.158. The smallest absolute Gasteiger partial charge is 0.316 e. The Hall–Kier alpha value is -1.77. The number of nitrogens with zero attached hydrogens (tertiary/aromatic N) is 3. The molecule has 0 bridgehead atoms. The number of benzene rings is 2. The fourth-order valence-electron chi connectivity index (χ4n) is 2.31. The van der Waals surface area contributed by atoms with E-state index >= 15 is 0 Å². The average molecular weight is 509 g/mol. The molecule has 0 atom stereocenters. The number of rotatable bonds is 6. The van der Waals surface area contributed by atoms with Crippen molar-refractivity contribution in [3.05, 3.63) is 57.5 Å². The number of ether oxygens (including phenoxy) is 1. The van der Waals surface area contributed by atoms with Crippen molar-refractivity contribution in [3.63, 3.8) is 0 Å². The summed E-state index contributed by atoms with van der Waals surface area (Å²) in [5.41, 5.74) is 3.23. The molecule has 0 aliphatic heterocycles. The van der Waals surface area contributed by atoms with Gasteiger partial charge >= 0.3 is 5.97 Å². The van der Waals surface area contributed by atoms with Gasteiger partial charge in [-0.3, -0.25) is 4.79 Å². The number of carbonyl (C=O) groups is 1. The highest BCUT2D eigenvalue weighted by atomic mass is 79.9. The first kappa shape index (κ1) is 20.0. The van der Waals surface area contributed by atoms with Gasteiger partial charge in [0.05, 0.1) is 12.4 Å². The number of halogens is 2. The van der Waals surface area contributed by atoms with E-state index in [1.165, 1.54) is 11.8 Å². The Morgan fingerprint density at radius 2 is 1.48 bits per heavy atom. The highest BCUT2D eigenvalue weighted by molar-refractivity contribution is 9.10. The molecule has 0 amide bonds. The summed E-state index contributed by atoms with van der Waals surface area (Å²) in [6, 6.07) is 15.7. The van der Waals surface area contributed by atoms with E-state index in [0.29, 0.717) is 23.2 Å². The molecule has 0 saturated carbocycles. The second-order valence-corrected chi connectivity index (χ2v) is 8.17. The Morgan fingerprint density at radius 1 is 0.926 bits per heavy atom. The standard InChI is InChI=1S/C19H15Br2N3O2S/c1-2-26-16(25)11-27-19-22-17(12-3-7-14(20)8-4-12)18(23-24-19)13-5-9-15(21)10-6-13/h3-10H,2,11H2,1H3. The fourth-order valence-corrected chi connectivity index (χ4v) is 3.42. The van der Waals surface area contributed by atoms with E-state index in [2.05, 4.69) is 47.0 Å². The van der Waals surface area contributed by atoms with Crippen molar-refractivity contribution in [1.29, 1.82) is 0 Å². The Kier molecular flexibility index (Phi) is 6.98. The molecular weight excluding hydrogens is 494 g/mol. The molecule has 3 rings (SSSR count). The van der Waals surface area contributed by atoms with Gasteiger partial charge in [0.25, 0.3) is 0 Å². The van der Waals surface area contributed by atoms with E-state index in [1.807, 2.05) is 48.5 Å². The maximum absolute atomic E-state index is 11.6. The third-order valence-corrected chi connectivity index (χ3v) is 5.40. The normalized spacial score (nSPS) is 10.6. The molecule has 27 heavy (non-hydrogen) atoms. The lowest BCUT2D eigenvalue weighted by atomic mass is 10.0. The van der Waals surface area contributed by atoms with Gasteiger partial charge in [-0.1, -0.05) is 67.9 Å². The zero-order valence-corrected chi connectivity index (χ0v) is 18.3. The molecule has 0 spiro atoms. The van der Waals surface area contributed by atoms with Gasteiger partial charge in [0.15, 0.2) is 0 Å². The zero-order chi connectivity index (χ0) is 19.2. The topological polar surface area (TPSA) is 65.0 Å². The monoisotopic (exact) mass is 507 g/mol. The summed E-state index contributed by atoms with van der Waals surface area (Å²) in [6.45, 7) is 2.13. The van der Waals surface area contributed by atoms with Crippen LogP contribution in [0.1, 0.15) is 6.92 Å². The number of thioether (sulfide) groups is 1. The average Bonchev–Trinajstić information content (AvgIpc) is 2.68. The van der Waals surface area contributed by atoms with Crippen molar-refractivity contribution in [2.75, 3.05) is 12.4 Å². The van der Waals surface area contributed by atoms with Crippen LogP contribution in [0.5, 0.6) is 0 Å². The first-order valence-electron chi connectivity index (χ1n) is 8.12. The van der Waals surface area contributed by atoms with Crippen molar-refractivity contribution >= 4 is 49.6 Å². The highest BCUT2D eigenvalue weighted by Crippen LogP contribution is 2.31. The molecule has 0 unspecified atom stereocenters. The molecule has 0 fully saturated rings. The zero-order valence-electron chi connectivity index (χ0n) is 14.4. The molecule has 0 N–H and O–H groups in total. The quantitative estimate of drug-likeness (QED) is 0.328. The number of hydrogen-bond donors (Lipinski definition) is 0. The van der Waals surface area contributed by atoms with Crippen molar-refractivity contribution < 1.29 is 9.53 Å². The predicted molar refractivity (Wildman–Crippen MR) is 113 cm³/mol. The molecule has 0 radical (unpaired) electrons. The maximum atomic E-state index is 11.6. The third kappa shape index (κ3) is 5.37. The number of esters is 1. The van der Waals surface area contributed by atoms with E-state index in [0.717, 1.165) is 20.1 Å². The molecule has 5 nitrogen and oxygen atoms in total. The molecule has 8 heteroatoms. The third-order valence-electron chi connectivity index (χ3n) is 3.53. The van der Waals surface area contributed by atoms with Crippen LogP contribution in [0.15, 0.2) is 62.6 Å². The lowest BCUT2D eigenvalue weighted by Gasteiger charge is -2.10. The van der Waals surface area contributed by atoms with Crippen molar-refractivity contribution in [3.8, 4) is 22.5 Å². The first-order chi connectivity index (χ1) is 13.1. The summed E-state index contributed by atoms with van der Waals surface area (Å²) < 4.78 is 6.92. The highest BCUT2D eigenvalue weighted by Gasteiger charge is 2.15. The molecule has 0 saturated heterocycles. The molecule has 0 aliphatic carbocycles. The van der Waals surface area contributed by atoms with Crippen LogP contribution >= 0.6 is 43.6 Å². The van der Waals surface area contributed by atoms with Crippen LogP contribution in [0.3, 0.4) is 0 Å². The molecule has 1 aromatic heterocycles. The molecule has 1 heterocycles. The van der Waals surface area contributed by atoms with Crippen LogP contribution in [-0.2, 0) is 9.53 Å². The van der Waals surface area contributed by atoms with Gasteiger partial charge in [-0.05, 0) is 31.2 Å².